The Hall–Kier alpha value is -3.81. The molecule has 0 aliphatic carbocycles. The van der Waals surface area contributed by atoms with E-state index in [0.29, 0.717) is 28.2 Å². The van der Waals surface area contributed by atoms with Crippen LogP contribution in [0.2, 0.25) is 0 Å². The van der Waals surface area contributed by atoms with Gasteiger partial charge in [0, 0.05) is 29.1 Å². The molecule has 3 rings (SSSR count). The lowest BCUT2D eigenvalue weighted by atomic mass is 9.97. The highest BCUT2D eigenvalue weighted by Crippen LogP contribution is 2.24. The van der Waals surface area contributed by atoms with Crippen molar-refractivity contribution in [3.8, 4) is 0 Å². The first-order valence-electron chi connectivity index (χ1n) is 8.09. The molecule has 136 valence electrons. The lowest BCUT2D eigenvalue weighted by Crippen LogP contribution is -2.11. The quantitative estimate of drug-likeness (QED) is 0.407. The van der Waals surface area contributed by atoms with E-state index >= 15 is 0 Å². The number of fused-ring (bicyclic) bond motifs is 1. The maximum Gasteiger partial charge on any atom is 0.330 e. The summed E-state index contributed by atoms with van der Waals surface area (Å²) in [6.07, 6.45) is 5.60. The van der Waals surface area contributed by atoms with E-state index in [0.717, 1.165) is 5.69 Å². The molecule has 8 heteroatoms. The molecule has 0 radical (unpaired) electrons. The second-order valence-corrected chi connectivity index (χ2v) is 5.64. The number of allylic oxidation sites excluding steroid dienone is 1. The number of carbonyl (C=O) groups is 1. The first-order valence-corrected chi connectivity index (χ1v) is 8.09. The van der Waals surface area contributed by atoms with Crippen molar-refractivity contribution in [3.05, 3.63) is 71.6 Å². The van der Waals surface area contributed by atoms with Gasteiger partial charge in [-0.05, 0) is 37.3 Å². The number of nitrogens with one attached hydrogen (secondary N) is 1. The summed E-state index contributed by atoms with van der Waals surface area (Å²) in [6.45, 7) is 1.86. The van der Waals surface area contributed by atoms with Gasteiger partial charge in [0.2, 0.25) is 0 Å². The molecule has 0 unspecified atom stereocenters. The van der Waals surface area contributed by atoms with Crippen LogP contribution in [0.5, 0.6) is 0 Å². The Morgan fingerprint density at radius 1 is 1.30 bits per heavy atom. The van der Waals surface area contributed by atoms with Crippen LogP contribution in [-0.2, 0) is 9.53 Å². The lowest BCUT2D eigenvalue weighted by Gasteiger charge is -2.13. The summed E-state index contributed by atoms with van der Waals surface area (Å²) in [6, 6.07) is 8.98. The number of methoxy groups -OCH3 is 1. The molecule has 0 aromatic carbocycles. The molecular weight excluding hydrogens is 344 g/mol. The zero-order valence-electron chi connectivity index (χ0n) is 14.9. The van der Waals surface area contributed by atoms with Gasteiger partial charge in [0.25, 0.3) is 0 Å². The summed E-state index contributed by atoms with van der Waals surface area (Å²) in [7, 11) is 1.30. The third-order valence-electron chi connectivity index (χ3n) is 3.93. The summed E-state index contributed by atoms with van der Waals surface area (Å²) < 4.78 is 6.22. The molecule has 3 aromatic heterocycles. The highest BCUT2D eigenvalue weighted by Gasteiger charge is 2.17. The molecule has 0 atom stereocenters. The third kappa shape index (κ3) is 3.59. The molecule has 0 spiro atoms. The molecule has 3 N–H and O–H groups in total. The number of esters is 1. The highest BCUT2D eigenvalue weighted by molar-refractivity contribution is 6.30. The number of nitrogens with two attached hydrogens (primary N) is 1. The smallest absolute Gasteiger partial charge is 0.330 e. The van der Waals surface area contributed by atoms with Gasteiger partial charge >= 0.3 is 5.97 Å². The van der Waals surface area contributed by atoms with Crippen LogP contribution >= 0.6 is 0 Å². The molecule has 0 amide bonds. The molecule has 0 fully saturated rings. The number of pyridine rings is 2. The Bertz CT molecular complexity index is 1080. The summed E-state index contributed by atoms with van der Waals surface area (Å²) in [5.41, 5.74) is 9.52. The molecular formula is C19H18N6O2. The van der Waals surface area contributed by atoms with Gasteiger partial charge in [-0.15, -0.1) is 0 Å². The van der Waals surface area contributed by atoms with Gasteiger partial charge in [0.15, 0.2) is 5.65 Å². The fourth-order valence-electron chi connectivity index (χ4n) is 2.64. The summed E-state index contributed by atoms with van der Waals surface area (Å²) in [5, 5.41) is 12.8. The zero-order chi connectivity index (χ0) is 19.4. The fourth-order valence-corrected chi connectivity index (χ4v) is 2.64. The molecule has 0 aliphatic rings. The van der Waals surface area contributed by atoms with Gasteiger partial charge < -0.3 is 10.5 Å². The molecule has 0 bridgehead atoms. The van der Waals surface area contributed by atoms with Crippen molar-refractivity contribution in [2.24, 2.45) is 5.73 Å². The van der Waals surface area contributed by atoms with Crippen LogP contribution in [0.1, 0.15) is 22.6 Å². The van der Waals surface area contributed by atoms with Crippen LogP contribution in [0.25, 0.3) is 17.3 Å². The zero-order valence-corrected chi connectivity index (χ0v) is 14.9. The van der Waals surface area contributed by atoms with Crippen LogP contribution in [0.4, 0.5) is 0 Å². The Labute approximate surface area is 155 Å². The van der Waals surface area contributed by atoms with Gasteiger partial charge in [-0.25, -0.2) is 14.3 Å². The number of aryl methyl sites for hydroxylation is 1. The molecule has 0 aliphatic heterocycles. The SMILES string of the molecule is COC(=O)/C=C/c1c(/C(=C/N)C(=N)c2cccc(C)n2)ccc2ncnn12. The topological polar surface area (TPSA) is 119 Å². The Morgan fingerprint density at radius 3 is 2.81 bits per heavy atom. The van der Waals surface area contributed by atoms with Gasteiger partial charge in [-0.1, -0.05) is 6.07 Å². The van der Waals surface area contributed by atoms with E-state index < -0.39 is 5.97 Å². The number of rotatable bonds is 5. The fraction of sp³-hybridized carbons (Fsp3) is 0.105. The van der Waals surface area contributed by atoms with E-state index in [4.69, 9.17) is 11.1 Å². The van der Waals surface area contributed by atoms with Crippen molar-refractivity contribution in [3.63, 3.8) is 0 Å². The molecule has 8 nitrogen and oxygen atoms in total. The van der Waals surface area contributed by atoms with Gasteiger partial charge in [0.05, 0.1) is 24.2 Å². The van der Waals surface area contributed by atoms with Crippen LogP contribution < -0.4 is 5.73 Å². The molecule has 0 saturated carbocycles. The van der Waals surface area contributed by atoms with Crippen LogP contribution in [-0.4, -0.2) is 38.4 Å². The van der Waals surface area contributed by atoms with Gasteiger partial charge in [-0.2, -0.15) is 5.10 Å². The average molecular weight is 362 g/mol. The van der Waals surface area contributed by atoms with E-state index in [1.54, 1.807) is 28.8 Å². The summed E-state index contributed by atoms with van der Waals surface area (Å²) >= 11 is 0. The minimum Gasteiger partial charge on any atom is -0.466 e. The van der Waals surface area contributed by atoms with Crippen molar-refractivity contribution in [1.82, 2.24) is 19.6 Å². The van der Waals surface area contributed by atoms with Gasteiger partial charge in [-0.3, -0.25) is 10.4 Å². The molecule has 27 heavy (non-hydrogen) atoms. The first kappa shape index (κ1) is 18.0. The molecule has 3 heterocycles. The predicted molar refractivity (Wildman–Crippen MR) is 102 cm³/mol. The van der Waals surface area contributed by atoms with Crippen molar-refractivity contribution in [2.75, 3.05) is 7.11 Å². The minimum absolute atomic E-state index is 0.161. The molecule has 0 saturated heterocycles. The average Bonchev–Trinajstić information content (AvgIpc) is 3.16. The van der Waals surface area contributed by atoms with Crippen molar-refractivity contribution < 1.29 is 9.53 Å². The Balaban J connectivity index is 2.15. The predicted octanol–water partition coefficient (Wildman–Crippen LogP) is 1.99. The van der Waals surface area contributed by atoms with Crippen LogP contribution in [0.15, 0.2) is 48.9 Å². The Kier molecular flexibility index (Phi) is 5.07. The maximum absolute atomic E-state index is 11.6. The first-order chi connectivity index (χ1) is 13.0. The van der Waals surface area contributed by atoms with Gasteiger partial charge in [0.1, 0.15) is 6.33 Å². The number of aromatic nitrogens is 4. The van der Waals surface area contributed by atoms with E-state index in [1.165, 1.54) is 25.7 Å². The standard InChI is InChI=1S/C19H18N6O2/c1-12-4-3-5-15(24-12)19(21)14(10-20)13-6-8-17-22-11-23-25(17)16(13)7-9-18(26)27-2/h3-11,21H,20H2,1-2H3/b9-7+,14-10-,21-19?. The maximum atomic E-state index is 11.6. The van der Waals surface area contributed by atoms with Crippen molar-refractivity contribution in [1.29, 1.82) is 5.41 Å². The number of hydrogen-bond acceptors (Lipinski definition) is 7. The summed E-state index contributed by atoms with van der Waals surface area (Å²) in [4.78, 5) is 20.1. The van der Waals surface area contributed by atoms with E-state index in [9.17, 15) is 4.79 Å². The van der Waals surface area contributed by atoms with Crippen molar-refractivity contribution >= 4 is 29.0 Å². The monoisotopic (exact) mass is 362 g/mol. The Morgan fingerprint density at radius 2 is 2.11 bits per heavy atom. The normalized spacial score (nSPS) is 11.9. The lowest BCUT2D eigenvalue weighted by molar-refractivity contribution is -0.134. The van der Waals surface area contributed by atoms with Crippen molar-refractivity contribution in [2.45, 2.75) is 6.92 Å². The number of ether oxygens (including phenoxy) is 1. The number of nitrogens with zero attached hydrogens (tertiary/aromatic N) is 4. The van der Waals surface area contributed by atoms with E-state index in [2.05, 4.69) is 19.8 Å². The number of hydrogen-bond donors (Lipinski definition) is 2. The molecule has 3 aromatic rings. The van der Waals surface area contributed by atoms with E-state index in [1.807, 2.05) is 19.1 Å². The largest absolute Gasteiger partial charge is 0.466 e. The second kappa shape index (κ2) is 7.61. The van der Waals surface area contributed by atoms with E-state index in [-0.39, 0.29) is 5.71 Å². The van der Waals surface area contributed by atoms with Crippen LogP contribution in [0, 0.1) is 12.3 Å². The minimum atomic E-state index is -0.508. The third-order valence-corrected chi connectivity index (χ3v) is 3.93. The van der Waals surface area contributed by atoms with Crippen LogP contribution in [0.3, 0.4) is 0 Å². The highest BCUT2D eigenvalue weighted by atomic mass is 16.5. The second-order valence-electron chi connectivity index (χ2n) is 5.64. The number of carbonyl (C=O) groups excluding carboxylic acids is 1. The summed E-state index contributed by atoms with van der Waals surface area (Å²) in [5.74, 6) is -0.508.